The lowest BCUT2D eigenvalue weighted by Gasteiger charge is -2.20. The number of benzene rings is 1. The quantitative estimate of drug-likeness (QED) is 0.925. The molecule has 0 saturated carbocycles. The Morgan fingerprint density at radius 3 is 2.96 bits per heavy atom. The van der Waals surface area contributed by atoms with Gasteiger partial charge in [0.05, 0.1) is 23.9 Å². The maximum atomic E-state index is 12.9. The summed E-state index contributed by atoms with van der Waals surface area (Å²) in [4.78, 5) is 26.5. The molecule has 1 N–H and O–H groups in total. The van der Waals surface area contributed by atoms with Gasteiger partial charge < -0.3 is 19.4 Å². The van der Waals surface area contributed by atoms with Crippen molar-refractivity contribution in [3.05, 3.63) is 46.4 Å². The SMILES string of the molecule is COc1ccc(Cl)cc1N(C)C(=O)c1coc2c1C(=O)NCCC2. The molecule has 0 aliphatic carbocycles. The highest BCUT2D eigenvalue weighted by Gasteiger charge is 2.29. The monoisotopic (exact) mass is 348 g/mol. The Kier molecular flexibility index (Phi) is 4.49. The molecule has 0 atom stereocenters. The lowest BCUT2D eigenvalue weighted by Crippen LogP contribution is -2.30. The Balaban J connectivity index is 2.00. The minimum atomic E-state index is -0.363. The summed E-state index contributed by atoms with van der Waals surface area (Å²) < 4.78 is 10.7. The first kappa shape index (κ1) is 16.4. The van der Waals surface area contributed by atoms with Gasteiger partial charge in [-0.05, 0) is 24.6 Å². The Bertz CT molecular complexity index is 800. The first-order valence-corrected chi connectivity index (χ1v) is 7.91. The van der Waals surface area contributed by atoms with Crippen LogP contribution in [0.5, 0.6) is 5.75 Å². The number of hydrogen-bond donors (Lipinski definition) is 1. The molecule has 1 aromatic carbocycles. The third-order valence-electron chi connectivity index (χ3n) is 4.00. The van der Waals surface area contributed by atoms with Gasteiger partial charge in [-0.25, -0.2) is 0 Å². The van der Waals surface area contributed by atoms with Gasteiger partial charge in [-0.15, -0.1) is 0 Å². The number of halogens is 1. The summed E-state index contributed by atoms with van der Waals surface area (Å²) in [5.74, 6) is 0.401. The number of aryl methyl sites for hydroxylation is 1. The molecular formula is C17H17ClN2O4. The average molecular weight is 349 g/mol. The van der Waals surface area contributed by atoms with Crippen LogP contribution < -0.4 is 15.0 Å². The van der Waals surface area contributed by atoms with Gasteiger partial charge in [-0.1, -0.05) is 11.6 Å². The second-order valence-electron chi connectivity index (χ2n) is 5.49. The number of rotatable bonds is 3. The van der Waals surface area contributed by atoms with Crippen molar-refractivity contribution in [2.24, 2.45) is 0 Å². The number of furan rings is 1. The molecule has 0 radical (unpaired) electrons. The van der Waals surface area contributed by atoms with E-state index < -0.39 is 0 Å². The first-order chi connectivity index (χ1) is 11.5. The maximum absolute atomic E-state index is 12.9. The van der Waals surface area contributed by atoms with Crippen LogP contribution in [-0.4, -0.2) is 32.5 Å². The zero-order valence-corrected chi connectivity index (χ0v) is 14.1. The number of nitrogens with zero attached hydrogens (tertiary/aromatic N) is 1. The second-order valence-corrected chi connectivity index (χ2v) is 5.92. The number of nitrogens with one attached hydrogen (secondary N) is 1. The van der Waals surface area contributed by atoms with Crippen LogP contribution in [0.25, 0.3) is 0 Å². The zero-order valence-electron chi connectivity index (χ0n) is 13.4. The Morgan fingerprint density at radius 1 is 1.42 bits per heavy atom. The number of amides is 2. The molecule has 0 spiro atoms. The molecule has 24 heavy (non-hydrogen) atoms. The molecule has 0 bridgehead atoms. The van der Waals surface area contributed by atoms with Crippen LogP contribution in [-0.2, 0) is 6.42 Å². The fourth-order valence-corrected chi connectivity index (χ4v) is 2.91. The summed E-state index contributed by atoms with van der Waals surface area (Å²) in [6, 6.07) is 5.00. The van der Waals surface area contributed by atoms with Crippen molar-refractivity contribution in [1.29, 1.82) is 0 Å². The lowest BCUT2D eigenvalue weighted by atomic mass is 10.1. The summed E-state index contributed by atoms with van der Waals surface area (Å²) in [6.45, 7) is 0.564. The van der Waals surface area contributed by atoms with Gasteiger partial charge in [0.1, 0.15) is 17.8 Å². The van der Waals surface area contributed by atoms with Crippen molar-refractivity contribution < 1.29 is 18.7 Å². The van der Waals surface area contributed by atoms with Crippen LogP contribution in [0.1, 0.15) is 32.9 Å². The number of hydrogen-bond acceptors (Lipinski definition) is 4. The van der Waals surface area contributed by atoms with E-state index in [9.17, 15) is 9.59 Å². The van der Waals surface area contributed by atoms with E-state index in [0.717, 1.165) is 6.42 Å². The molecule has 0 unspecified atom stereocenters. The van der Waals surface area contributed by atoms with Crippen LogP contribution in [0.2, 0.25) is 5.02 Å². The third kappa shape index (κ3) is 2.85. The standard InChI is InChI=1S/C17H17ClN2O4/c1-20(12-8-10(18)5-6-13(12)23-2)17(22)11-9-24-14-4-3-7-19-16(21)15(11)14/h5-6,8-9H,3-4,7H2,1-2H3,(H,19,21). The summed E-state index contributed by atoms with van der Waals surface area (Å²) in [6.07, 6.45) is 2.73. The molecule has 2 amide bonds. The van der Waals surface area contributed by atoms with Crippen molar-refractivity contribution in [2.75, 3.05) is 25.6 Å². The average Bonchev–Trinajstić information content (AvgIpc) is 2.92. The Labute approximate surface area is 144 Å². The molecular weight excluding hydrogens is 332 g/mol. The first-order valence-electron chi connectivity index (χ1n) is 7.53. The van der Waals surface area contributed by atoms with Gasteiger partial charge in [0.25, 0.3) is 11.8 Å². The van der Waals surface area contributed by atoms with Crippen molar-refractivity contribution >= 4 is 29.1 Å². The number of carbonyl (C=O) groups excluding carboxylic acids is 2. The predicted octanol–water partition coefficient (Wildman–Crippen LogP) is 2.89. The number of methoxy groups -OCH3 is 1. The van der Waals surface area contributed by atoms with E-state index in [4.69, 9.17) is 20.8 Å². The van der Waals surface area contributed by atoms with Gasteiger partial charge in [0.15, 0.2) is 0 Å². The molecule has 7 heteroatoms. The molecule has 1 aliphatic rings. The second kappa shape index (κ2) is 6.57. The van der Waals surface area contributed by atoms with E-state index in [2.05, 4.69) is 5.32 Å². The fourth-order valence-electron chi connectivity index (χ4n) is 2.74. The maximum Gasteiger partial charge on any atom is 0.262 e. The largest absolute Gasteiger partial charge is 0.495 e. The molecule has 0 fully saturated rings. The molecule has 0 saturated heterocycles. The number of fused-ring (bicyclic) bond motifs is 1. The van der Waals surface area contributed by atoms with E-state index in [1.165, 1.54) is 18.3 Å². The topological polar surface area (TPSA) is 71.8 Å². The van der Waals surface area contributed by atoms with Crippen LogP contribution in [0.15, 0.2) is 28.9 Å². The molecule has 1 aromatic heterocycles. The molecule has 2 heterocycles. The Morgan fingerprint density at radius 2 is 2.21 bits per heavy atom. The summed E-state index contributed by atoms with van der Waals surface area (Å²) in [7, 11) is 3.12. The van der Waals surface area contributed by atoms with Crippen LogP contribution in [0.4, 0.5) is 5.69 Å². The molecule has 1 aliphatic heterocycles. The van der Waals surface area contributed by atoms with Crippen molar-refractivity contribution in [3.63, 3.8) is 0 Å². The number of carbonyl (C=O) groups is 2. The van der Waals surface area contributed by atoms with E-state index in [-0.39, 0.29) is 17.4 Å². The zero-order chi connectivity index (χ0) is 17.3. The smallest absolute Gasteiger partial charge is 0.262 e. The van der Waals surface area contributed by atoms with Gasteiger partial charge in [0, 0.05) is 25.0 Å². The van der Waals surface area contributed by atoms with Gasteiger partial charge in [-0.3, -0.25) is 9.59 Å². The molecule has 2 aromatic rings. The van der Waals surface area contributed by atoms with E-state index in [0.29, 0.717) is 40.7 Å². The Hall–Kier alpha value is -2.47. The highest BCUT2D eigenvalue weighted by Crippen LogP contribution is 2.32. The predicted molar refractivity (Wildman–Crippen MR) is 90.1 cm³/mol. The van der Waals surface area contributed by atoms with Crippen molar-refractivity contribution in [2.45, 2.75) is 12.8 Å². The number of ether oxygens (including phenoxy) is 1. The van der Waals surface area contributed by atoms with Crippen LogP contribution in [0, 0.1) is 0 Å². The summed E-state index contributed by atoms with van der Waals surface area (Å²) >= 11 is 6.03. The van der Waals surface area contributed by atoms with Crippen molar-refractivity contribution in [1.82, 2.24) is 5.32 Å². The van der Waals surface area contributed by atoms with Crippen molar-refractivity contribution in [3.8, 4) is 5.75 Å². The van der Waals surface area contributed by atoms with Crippen LogP contribution >= 0.6 is 11.6 Å². The van der Waals surface area contributed by atoms with Crippen LogP contribution in [0.3, 0.4) is 0 Å². The van der Waals surface area contributed by atoms with E-state index in [1.54, 1.807) is 25.2 Å². The highest BCUT2D eigenvalue weighted by atomic mass is 35.5. The van der Waals surface area contributed by atoms with Gasteiger partial charge in [-0.2, -0.15) is 0 Å². The minimum Gasteiger partial charge on any atom is -0.495 e. The summed E-state index contributed by atoms with van der Waals surface area (Å²) in [5, 5.41) is 3.26. The van der Waals surface area contributed by atoms with E-state index >= 15 is 0 Å². The highest BCUT2D eigenvalue weighted by molar-refractivity contribution is 6.31. The summed E-state index contributed by atoms with van der Waals surface area (Å²) in [5.41, 5.74) is 1.05. The fraction of sp³-hybridized carbons (Fsp3) is 0.294. The molecule has 3 rings (SSSR count). The normalized spacial score (nSPS) is 13.7. The van der Waals surface area contributed by atoms with Gasteiger partial charge >= 0.3 is 0 Å². The molecule has 126 valence electrons. The van der Waals surface area contributed by atoms with Gasteiger partial charge in [0.2, 0.25) is 0 Å². The van der Waals surface area contributed by atoms with E-state index in [1.807, 2.05) is 0 Å². The molecule has 6 nitrogen and oxygen atoms in total. The third-order valence-corrected chi connectivity index (χ3v) is 4.23. The lowest BCUT2D eigenvalue weighted by molar-refractivity contribution is 0.0937. The minimum absolute atomic E-state index is 0.230. The number of anilines is 1.